The zero-order valence-electron chi connectivity index (χ0n) is 9.90. The average Bonchev–Trinajstić information content (AvgIpc) is 2.26. The Morgan fingerprint density at radius 2 is 2.12 bits per heavy atom. The largest absolute Gasteiger partial charge is 0.507 e. The predicted octanol–water partition coefficient (Wildman–Crippen LogP) is 2.21. The first kappa shape index (κ1) is 12.3. The quantitative estimate of drug-likeness (QED) is 0.623. The van der Waals surface area contributed by atoms with Gasteiger partial charge in [0.15, 0.2) is 5.78 Å². The van der Waals surface area contributed by atoms with Gasteiger partial charge in [0.2, 0.25) is 0 Å². The lowest BCUT2D eigenvalue weighted by Gasteiger charge is -2.05. The molecule has 0 amide bonds. The number of rotatable bonds is 4. The molecule has 0 aliphatic heterocycles. The SMILES string of the molecule is CCc1ccc(O)c(C(=O)/C=C/N(C)C)c1. The number of aryl methyl sites for hydroxylation is 1. The predicted molar refractivity (Wildman–Crippen MR) is 64.6 cm³/mol. The first-order valence-electron chi connectivity index (χ1n) is 5.25. The minimum Gasteiger partial charge on any atom is -0.507 e. The summed E-state index contributed by atoms with van der Waals surface area (Å²) in [6, 6.07) is 5.12. The van der Waals surface area contributed by atoms with Gasteiger partial charge >= 0.3 is 0 Å². The number of phenols is 1. The molecule has 0 bridgehead atoms. The fourth-order valence-electron chi connectivity index (χ4n) is 1.31. The molecule has 86 valence electrons. The van der Waals surface area contributed by atoms with E-state index < -0.39 is 0 Å². The number of carbonyl (C=O) groups excluding carboxylic acids is 1. The van der Waals surface area contributed by atoms with Crippen LogP contribution in [0.4, 0.5) is 0 Å². The second-order valence-corrected chi connectivity index (χ2v) is 3.85. The van der Waals surface area contributed by atoms with E-state index in [-0.39, 0.29) is 11.5 Å². The molecular weight excluding hydrogens is 202 g/mol. The third kappa shape index (κ3) is 3.12. The topological polar surface area (TPSA) is 40.5 Å². The van der Waals surface area contributed by atoms with Crippen LogP contribution in [0, 0.1) is 0 Å². The molecule has 0 spiro atoms. The third-order valence-electron chi connectivity index (χ3n) is 2.26. The Kier molecular flexibility index (Phi) is 4.11. The van der Waals surface area contributed by atoms with Gasteiger partial charge in [-0.1, -0.05) is 13.0 Å². The van der Waals surface area contributed by atoms with Crippen molar-refractivity contribution >= 4 is 5.78 Å². The number of nitrogens with zero attached hydrogens (tertiary/aromatic N) is 1. The molecule has 3 nitrogen and oxygen atoms in total. The Morgan fingerprint density at radius 3 is 2.69 bits per heavy atom. The van der Waals surface area contributed by atoms with Crippen molar-refractivity contribution < 1.29 is 9.90 Å². The minimum absolute atomic E-state index is 0.0330. The Morgan fingerprint density at radius 1 is 1.44 bits per heavy atom. The fourth-order valence-corrected chi connectivity index (χ4v) is 1.31. The number of phenolic OH excluding ortho intramolecular Hbond substituents is 1. The van der Waals surface area contributed by atoms with Gasteiger partial charge in [0, 0.05) is 26.4 Å². The Bertz CT molecular complexity index is 408. The van der Waals surface area contributed by atoms with Gasteiger partial charge in [0.1, 0.15) is 5.75 Å². The maximum atomic E-state index is 11.8. The lowest BCUT2D eigenvalue weighted by molar-refractivity contribution is 0.104. The van der Waals surface area contributed by atoms with Crippen LogP contribution in [0.1, 0.15) is 22.8 Å². The third-order valence-corrected chi connectivity index (χ3v) is 2.26. The van der Waals surface area contributed by atoms with E-state index in [0.29, 0.717) is 5.56 Å². The number of ketones is 1. The van der Waals surface area contributed by atoms with Gasteiger partial charge in [-0.3, -0.25) is 4.79 Å². The molecule has 0 aromatic heterocycles. The molecule has 0 unspecified atom stereocenters. The molecule has 16 heavy (non-hydrogen) atoms. The first-order valence-corrected chi connectivity index (χ1v) is 5.25. The van der Waals surface area contributed by atoms with E-state index in [1.165, 1.54) is 6.08 Å². The van der Waals surface area contributed by atoms with E-state index >= 15 is 0 Å². The van der Waals surface area contributed by atoms with Crippen molar-refractivity contribution in [2.75, 3.05) is 14.1 Å². The van der Waals surface area contributed by atoms with Crippen molar-refractivity contribution in [2.45, 2.75) is 13.3 Å². The van der Waals surface area contributed by atoms with Crippen molar-refractivity contribution in [1.82, 2.24) is 4.90 Å². The van der Waals surface area contributed by atoms with Gasteiger partial charge in [0.05, 0.1) is 5.56 Å². The van der Waals surface area contributed by atoms with Crippen molar-refractivity contribution in [2.24, 2.45) is 0 Å². The average molecular weight is 219 g/mol. The number of carbonyl (C=O) groups is 1. The summed E-state index contributed by atoms with van der Waals surface area (Å²) in [7, 11) is 3.68. The zero-order chi connectivity index (χ0) is 12.1. The normalized spacial score (nSPS) is 10.7. The van der Waals surface area contributed by atoms with Crippen LogP contribution in [-0.4, -0.2) is 29.9 Å². The molecule has 1 aromatic rings. The summed E-state index contributed by atoms with van der Waals surface area (Å²) in [5.41, 5.74) is 1.40. The second-order valence-electron chi connectivity index (χ2n) is 3.85. The summed E-state index contributed by atoms with van der Waals surface area (Å²) in [5.74, 6) is -0.146. The summed E-state index contributed by atoms with van der Waals surface area (Å²) in [4.78, 5) is 13.5. The van der Waals surface area contributed by atoms with Crippen molar-refractivity contribution in [1.29, 1.82) is 0 Å². The molecule has 1 rings (SSSR count). The molecule has 0 atom stereocenters. The summed E-state index contributed by atoms with van der Waals surface area (Å²) >= 11 is 0. The smallest absolute Gasteiger partial charge is 0.191 e. The van der Waals surface area contributed by atoms with Crippen molar-refractivity contribution in [3.05, 3.63) is 41.6 Å². The summed E-state index contributed by atoms with van der Waals surface area (Å²) < 4.78 is 0. The minimum atomic E-state index is -0.179. The van der Waals surface area contributed by atoms with Crippen molar-refractivity contribution in [3.63, 3.8) is 0 Å². The summed E-state index contributed by atoms with van der Waals surface area (Å²) in [6.45, 7) is 2.01. The monoisotopic (exact) mass is 219 g/mol. The van der Waals surface area contributed by atoms with Crippen LogP contribution in [0.5, 0.6) is 5.75 Å². The van der Waals surface area contributed by atoms with Gasteiger partial charge in [-0.2, -0.15) is 0 Å². The highest BCUT2D eigenvalue weighted by Crippen LogP contribution is 2.19. The van der Waals surface area contributed by atoms with Crippen LogP contribution in [0.25, 0.3) is 0 Å². The number of hydrogen-bond donors (Lipinski definition) is 1. The molecule has 0 aliphatic rings. The van der Waals surface area contributed by atoms with Crippen LogP contribution in [0.2, 0.25) is 0 Å². The zero-order valence-corrected chi connectivity index (χ0v) is 9.90. The lowest BCUT2D eigenvalue weighted by Crippen LogP contribution is -2.03. The highest BCUT2D eigenvalue weighted by atomic mass is 16.3. The van der Waals surface area contributed by atoms with E-state index in [1.54, 1.807) is 23.2 Å². The van der Waals surface area contributed by atoms with E-state index in [1.807, 2.05) is 27.1 Å². The van der Waals surface area contributed by atoms with Crippen molar-refractivity contribution in [3.8, 4) is 5.75 Å². The highest BCUT2D eigenvalue weighted by molar-refractivity contribution is 6.06. The molecule has 1 N–H and O–H groups in total. The van der Waals surface area contributed by atoms with Crippen LogP contribution < -0.4 is 0 Å². The van der Waals surface area contributed by atoms with Crippen LogP contribution in [-0.2, 0) is 6.42 Å². The number of aromatic hydroxyl groups is 1. The standard InChI is InChI=1S/C13H17NO2/c1-4-10-5-6-12(15)11(9-10)13(16)7-8-14(2)3/h5-9,15H,4H2,1-3H3/b8-7+. The molecule has 0 aliphatic carbocycles. The highest BCUT2D eigenvalue weighted by Gasteiger charge is 2.08. The maximum absolute atomic E-state index is 11.8. The first-order chi connectivity index (χ1) is 7.54. The van der Waals surface area contributed by atoms with Gasteiger partial charge < -0.3 is 10.0 Å². The van der Waals surface area contributed by atoms with E-state index in [4.69, 9.17) is 0 Å². The lowest BCUT2D eigenvalue weighted by atomic mass is 10.0. The van der Waals surface area contributed by atoms with Gasteiger partial charge in [-0.25, -0.2) is 0 Å². The molecule has 1 aromatic carbocycles. The Balaban J connectivity index is 2.98. The molecule has 0 saturated heterocycles. The van der Waals surface area contributed by atoms with Crippen LogP contribution in [0.15, 0.2) is 30.5 Å². The number of allylic oxidation sites excluding steroid dienone is 1. The molecular formula is C13H17NO2. The maximum Gasteiger partial charge on any atom is 0.191 e. The molecule has 0 fully saturated rings. The Labute approximate surface area is 96.0 Å². The van der Waals surface area contributed by atoms with Gasteiger partial charge in [0.25, 0.3) is 0 Å². The van der Waals surface area contributed by atoms with E-state index in [0.717, 1.165) is 12.0 Å². The fraction of sp³-hybridized carbons (Fsp3) is 0.308. The van der Waals surface area contributed by atoms with Gasteiger partial charge in [-0.05, 0) is 24.1 Å². The van der Waals surface area contributed by atoms with E-state index in [9.17, 15) is 9.90 Å². The second kappa shape index (κ2) is 5.35. The number of hydrogen-bond acceptors (Lipinski definition) is 3. The summed E-state index contributed by atoms with van der Waals surface area (Å²) in [6.07, 6.45) is 3.97. The van der Waals surface area contributed by atoms with E-state index in [2.05, 4.69) is 0 Å². The van der Waals surface area contributed by atoms with Gasteiger partial charge in [-0.15, -0.1) is 0 Å². The van der Waals surface area contributed by atoms with Crippen LogP contribution in [0.3, 0.4) is 0 Å². The molecule has 0 heterocycles. The number of benzene rings is 1. The molecule has 0 saturated carbocycles. The molecule has 0 radical (unpaired) electrons. The summed E-state index contributed by atoms with van der Waals surface area (Å²) in [5, 5.41) is 9.60. The molecule has 3 heteroatoms. The van der Waals surface area contributed by atoms with Crippen LogP contribution >= 0.6 is 0 Å². The Hall–Kier alpha value is -1.77.